The Morgan fingerprint density at radius 3 is 2.60 bits per heavy atom. The molecular weight excluding hydrogens is 128 g/mol. The maximum absolute atomic E-state index is 8.97. The molecule has 1 aliphatic heterocycles. The van der Waals surface area contributed by atoms with Gasteiger partial charge in [-0.2, -0.15) is 0 Å². The van der Waals surface area contributed by atoms with E-state index >= 15 is 0 Å². The van der Waals surface area contributed by atoms with Gasteiger partial charge in [0, 0.05) is 0 Å². The van der Waals surface area contributed by atoms with Crippen molar-refractivity contribution in [2.24, 2.45) is 0 Å². The van der Waals surface area contributed by atoms with Gasteiger partial charge in [-0.15, -0.1) is 0 Å². The summed E-state index contributed by atoms with van der Waals surface area (Å²) in [5.74, 6) is 0. The minimum Gasteiger partial charge on any atom is -0.393 e. The van der Waals surface area contributed by atoms with Gasteiger partial charge in [-0.25, -0.2) is 0 Å². The number of rotatable bonds is 3. The second kappa shape index (κ2) is 3.35. The molecule has 1 heterocycles. The van der Waals surface area contributed by atoms with Crippen LogP contribution in [0.4, 0.5) is 0 Å². The molecule has 0 aliphatic carbocycles. The van der Waals surface area contributed by atoms with Gasteiger partial charge in [0.25, 0.3) is 0 Å². The maximum atomic E-state index is 8.97. The van der Waals surface area contributed by atoms with E-state index in [1.54, 1.807) is 0 Å². The second-order valence-corrected chi connectivity index (χ2v) is 3.11. The van der Waals surface area contributed by atoms with Crippen LogP contribution in [0.2, 0.25) is 0 Å². The van der Waals surface area contributed by atoms with E-state index in [2.05, 4.69) is 6.92 Å². The van der Waals surface area contributed by atoms with Crippen molar-refractivity contribution in [3.8, 4) is 0 Å². The van der Waals surface area contributed by atoms with E-state index in [0.29, 0.717) is 12.2 Å². The molecule has 0 amide bonds. The third-order valence-corrected chi connectivity index (χ3v) is 1.97. The fourth-order valence-corrected chi connectivity index (χ4v) is 1.35. The van der Waals surface area contributed by atoms with Gasteiger partial charge in [-0.1, -0.05) is 6.92 Å². The standard InChI is InChI=1S/C8H16O2/c1-3-7-5-8(10-7)4-6(2)9/h6-9H,3-5H2,1-2H3. The highest BCUT2D eigenvalue weighted by atomic mass is 16.5. The highest BCUT2D eigenvalue weighted by molar-refractivity contribution is 4.77. The highest BCUT2D eigenvalue weighted by Crippen LogP contribution is 2.26. The zero-order valence-electron chi connectivity index (χ0n) is 6.71. The third kappa shape index (κ3) is 1.96. The van der Waals surface area contributed by atoms with Crippen LogP contribution in [0.15, 0.2) is 0 Å². The smallest absolute Gasteiger partial charge is 0.0628 e. The van der Waals surface area contributed by atoms with E-state index in [0.717, 1.165) is 19.3 Å². The average molecular weight is 144 g/mol. The normalized spacial score (nSPS) is 35.1. The maximum Gasteiger partial charge on any atom is 0.0628 e. The molecule has 0 saturated carbocycles. The Morgan fingerprint density at radius 2 is 2.20 bits per heavy atom. The first-order valence-corrected chi connectivity index (χ1v) is 4.06. The molecule has 1 fully saturated rings. The number of hydrogen-bond donors (Lipinski definition) is 1. The quantitative estimate of drug-likeness (QED) is 0.647. The zero-order chi connectivity index (χ0) is 7.56. The molecule has 0 aromatic rings. The van der Waals surface area contributed by atoms with Crippen molar-refractivity contribution < 1.29 is 9.84 Å². The predicted octanol–water partition coefficient (Wildman–Crippen LogP) is 1.32. The third-order valence-electron chi connectivity index (χ3n) is 1.97. The summed E-state index contributed by atoms with van der Waals surface area (Å²) in [6.07, 6.45) is 3.66. The zero-order valence-corrected chi connectivity index (χ0v) is 6.71. The summed E-state index contributed by atoms with van der Waals surface area (Å²) in [4.78, 5) is 0. The van der Waals surface area contributed by atoms with Gasteiger partial charge in [-0.3, -0.25) is 0 Å². The van der Waals surface area contributed by atoms with Crippen LogP contribution in [-0.4, -0.2) is 23.4 Å². The van der Waals surface area contributed by atoms with E-state index in [9.17, 15) is 0 Å². The predicted molar refractivity (Wildman–Crippen MR) is 39.9 cm³/mol. The van der Waals surface area contributed by atoms with Crippen LogP contribution in [0.25, 0.3) is 0 Å². The topological polar surface area (TPSA) is 29.5 Å². The summed E-state index contributed by atoms with van der Waals surface area (Å²) in [6.45, 7) is 3.94. The lowest BCUT2D eigenvalue weighted by atomic mass is 9.98. The van der Waals surface area contributed by atoms with E-state index < -0.39 is 0 Å². The number of aliphatic hydroxyl groups excluding tert-OH is 1. The van der Waals surface area contributed by atoms with Gasteiger partial charge in [-0.05, 0) is 26.2 Å². The monoisotopic (exact) mass is 144 g/mol. The Bertz CT molecular complexity index is 95.4. The van der Waals surface area contributed by atoms with E-state index in [1.165, 1.54) is 0 Å². The first-order valence-electron chi connectivity index (χ1n) is 4.06. The summed E-state index contributed by atoms with van der Waals surface area (Å²) in [6, 6.07) is 0. The number of aliphatic hydroxyl groups is 1. The summed E-state index contributed by atoms with van der Waals surface area (Å²) in [5, 5.41) is 8.97. The molecule has 1 N–H and O–H groups in total. The van der Waals surface area contributed by atoms with Crippen molar-refractivity contribution in [3.05, 3.63) is 0 Å². The van der Waals surface area contributed by atoms with Crippen LogP contribution in [0.5, 0.6) is 0 Å². The van der Waals surface area contributed by atoms with Crippen molar-refractivity contribution in [1.29, 1.82) is 0 Å². The average Bonchev–Trinajstić information content (AvgIpc) is 1.76. The minimum absolute atomic E-state index is 0.206. The first-order chi connectivity index (χ1) is 4.72. The van der Waals surface area contributed by atoms with Crippen molar-refractivity contribution in [2.45, 2.75) is 51.4 Å². The van der Waals surface area contributed by atoms with Gasteiger partial charge < -0.3 is 9.84 Å². The minimum atomic E-state index is -0.206. The van der Waals surface area contributed by atoms with Gasteiger partial charge >= 0.3 is 0 Å². The number of ether oxygens (including phenoxy) is 1. The fraction of sp³-hybridized carbons (Fsp3) is 1.00. The van der Waals surface area contributed by atoms with Gasteiger partial charge in [0.2, 0.25) is 0 Å². The second-order valence-electron chi connectivity index (χ2n) is 3.11. The molecule has 0 radical (unpaired) electrons. The Balaban J connectivity index is 2.03. The van der Waals surface area contributed by atoms with Gasteiger partial charge in [0.1, 0.15) is 0 Å². The van der Waals surface area contributed by atoms with Gasteiger partial charge in [0.05, 0.1) is 18.3 Å². The lowest BCUT2D eigenvalue weighted by Gasteiger charge is -2.36. The van der Waals surface area contributed by atoms with Gasteiger partial charge in [0.15, 0.2) is 0 Å². The molecule has 3 atom stereocenters. The van der Waals surface area contributed by atoms with Crippen LogP contribution >= 0.6 is 0 Å². The molecule has 2 heteroatoms. The molecule has 0 bridgehead atoms. The molecule has 0 spiro atoms. The molecule has 3 unspecified atom stereocenters. The van der Waals surface area contributed by atoms with E-state index in [1.807, 2.05) is 6.92 Å². The molecule has 0 aromatic heterocycles. The molecule has 1 rings (SSSR count). The summed E-state index contributed by atoms with van der Waals surface area (Å²) < 4.78 is 5.44. The van der Waals surface area contributed by atoms with Crippen molar-refractivity contribution >= 4 is 0 Å². The summed E-state index contributed by atoms with van der Waals surface area (Å²) >= 11 is 0. The van der Waals surface area contributed by atoms with Crippen molar-refractivity contribution in [3.63, 3.8) is 0 Å². The highest BCUT2D eigenvalue weighted by Gasteiger charge is 2.28. The molecular formula is C8H16O2. The number of hydrogen-bond acceptors (Lipinski definition) is 2. The van der Waals surface area contributed by atoms with Crippen LogP contribution in [0, 0.1) is 0 Å². The molecule has 2 nitrogen and oxygen atoms in total. The Morgan fingerprint density at radius 1 is 1.60 bits per heavy atom. The van der Waals surface area contributed by atoms with E-state index in [-0.39, 0.29) is 6.10 Å². The molecule has 60 valence electrons. The molecule has 10 heavy (non-hydrogen) atoms. The Hall–Kier alpha value is -0.0800. The first kappa shape index (κ1) is 8.02. The van der Waals surface area contributed by atoms with Crippen molar-refractivity contribution in [2.75, 3.05) is 0 Å². The molecule has 1 aliphatic rings. The van der Waals surface area contributed by atoms with Crippen molar-refractivity contribution in [1.82, 2.24) is 0 Å². The molecule has 0 aromatic carbocycles. The summed E-state index contributed by atoms with van der Waals surface area (Å²) in [7, 11) is 0. The largest absolute Gasteiger partial charge is 0.393 e. The van der Waals surface area contributed by atoms with E-state index in [4.69, 9.17) is 9.84 Å². The lowest BCUT2D eigenvalue weighted by Crippen LogP contribution is -2.38. The lowest BCUT2D eigenvalue weighted by molar-refractivity contribution is -0.137. The van der Waals surface area contributed by atoms with Crippen LogP contribution in [-0.2, 0) is 4.74 Å². The summed E-state index contributed by atoms with van der Waals surface area (Å²) in [5.41, 5.74) is 0. The fourth-order valence-electron chi connectivity index (χ4n) is 1.35. The van der Waals surface area contributed by atoms with Crippen LogP contribution < -0.4 is 0 Å². The SMILES string of the molecule is CCC1CC(CC(C)O)O1. The van der Waals surface area contributed by atoms with Crippen LogP contribution in [0.1, 0.15) is 33.1 Å². The molecule has 1 saturated heterocycles. The Kier molecular flexibility index (Phi) is 2.69. The van der Waals surface area contributed by atoms with Crippen LogP contribution in [0.3, 0.4) is 0 Å². The Labute approximate surface area is 62.2 Å².